The number of hydrogen-bond acceptors (Lipinski definition) is 5. The van der Waals surface area contributed by atoms with Crippen molar-refractivity contribution in [2.75, 3.05) is 20.8 Å². The number of nitrogens with zero attached hydrogens (tertiary/aromatic N) is 1. The second kappa shape index (κ2) is 9.83. The smallest absolute Gasteiger partial charge is 0.295 e. The van der Waals surface area contributed by atoms with E-state index >= 15 is 0 Å². The van der Waals surface area contributed by atoms with Crippen LogP contribution in [0, 0.1) is 6.92 Å². The van der Waals surface area contributed by atoms with Gasteiger partial charge in [0.1, 0.15) is 5.76 Å². The average Bonchev–Trinajstić information content (AvgIpc) is 3.12. The Hall–Kier alpha value is -4.06. The highest BCUT2D eigenvalue weighted by Crippen LogP contribution is 2.42. The van der Waals surface area contributed by atoms with E-state index in [9.17, 15) is 14.7 Å². The molecule has 1 aliphatic rings. The van der Waals surface area contributed by atoms with Gasteiger partial charge in [0.25, 0.3) is 11.7 Å². The van der Waals surface area contributed by atoms with Gasteiger partial charge in [0.2, 0.25) is 0 Å². The van der Waals surface area contributed by atoms with Crippen molar-refractivity contribution in [1.29, 1.82) is 0 Å². The van der Waals surface area contributed by atoms with Crippen LogP contribution in [0.3, 0.4) is 0 Å². The lowest BCUT2D eigenvalue weighted by molar-refractivity contribution is -0.139. The van der Waals surface area contributed by atoms with Crippen molar-refractivity contribution in [3.63, 3.8) is 0 Å². The van der Waals surface area contributed by atoms with Gasteiger partial charge in [0, 0.05) is 12.1 Å². The number of ether oxygens (including phenoxy) is 2. The highest BCUT2D eigenvalue weighted by molar-refractivity contribution is 6.46. The van der Waals surface area contributed by atoms with Gasteiger partial charge in [0.05, 0.1) is 25.8 Å². The summed E-state index contributed by atoms with van der Waals surface area (Å²) in [5.74, 6) is -0.523. The van der Waals surface area contributed by atoms with Crippen LogP contribution in [0.5, 0.6) is 11.5 Å². The maximum absolute atomic E-state index is 13.2. The number of likely N-dealkylation sites (tertiary alicyclic amines) is 1. The van der Waals surface area contributed by atoms with Crippen LogP contribution in [-0.4, -0.2) is 42.5 Å². The zero-order valence-corrected chi connectivity index (χ0v) is 19.4. The monoisotopic (exact) mass is 457 g/mol. The molecule has 1 heterocycles. The minimum Gasteiger partial charge on any atom is -0.507 e. The Kier molecular flexibility index (Phi) is 6.68. The lowest BCUT2D eigenvalue weighted by atomic mass is 9.94. The van der Waals surface area contributed by atoms with Gasteiger partial charge in [-0.1, -0.05) is 66.2 Å². The number of aliphatic hydroxyl groups is 1. The average molecular weight is 458 g/mol. The minimum atomic E-state index is -0.759. The van der Waals surface area contributed by atoms with Crippen molar-refractivity contribution in [1.82, 2.24) is 4.90 Å². The minimum absolute atomic E-state index is 0.0640. The standard InChI is InChI=1S/C28H27NO5/c1-18-9-11-20(12-10-18)26(30)24-25(21-13-14-22(33-2)23(17-21)34-3)29(28(32)27(24)31)16-15-19-7-5-4-6-8-19/h4-14,17,25,30H,15-16H2,1-3H3/b26-24+. The molecule has 1 fully saturated rings. The Morgan fingerprint density at radius 3 is 2.24 bits per heavy atom. The molecule has 3 aromatic rings. The number of carbonyl (C=O) groups excluding carboxylic acids is 2. The zero-order chi connectivity index (χ0) is 24.2. The highest BCUT2D eigenvalue weighted by atomic mass is 16.5. The first-order valence-electron chi connectivity index (χ1n) is 11.1. The lowest BCUT2D eigenvalue weighted by Gasteiger charge is -2.26. The number of ketones is 1. The molecular formula is C28H27NO5. The molecule has 6 heteroatoms. The van der Waals surface area contributed by atoms with Crippen LogP contribution in [0.15, 0.2) is 78.4 Å². The van der Waals surface area contributed by atoms with Gasteiger partial charge in [-0.05, 0) is 36.6 Å². The maximum Gasteiger partial charge on any atom is 0.295 e. The van der Waals surface area contributed by atoms with Gasteiger partial charge in [-0.25, -0.2) is 0 Å². The first-order valence-corrected chi connectivity index (χ1v) is 11.1. The van der Waals surface area contributed by atoms with Crippen molar-refractivity contribution in [2.45, 2.75) is 19.4 Å². The zero-order valence-electron chi connectivity index (χ0n) is 19.4. The predicted octanol–water partition coefficient (Wildman–Crippen LogP) is 4.68. The third kappa shape index (κ3) is 4.39. The molecular weight excluding hydrogens is 430 g/mol. The molecule has 0 aromatic heterocycles. The number of benzene rings is 3. The molecule has 6 nitrogen and oxygen atoms in total. The number of aliphatic hydroxyl groups excluding tert-OH is 1. The van der Waals surface area contributed by atoms with Gasteiger partial charge in [-0.2, -0.15) is 0 Å². The molecule has 0 saturated carbocycles. The third-order valence-corrected chi connectivity index (χ3v) is 6.07. The number of hydrogen-bond donors (Lipinski definition) is 1. The molecule has 0 spiro atoms. The van der Waals surface area contributed by atoms with Crippen molar-refractivity contribution >= 4 is 17.4 Å². The number of Topliss-reactive ketones (excluding diaryl/α,β-unsaturated/α-hetero) is 1. The van der Waals surface area contributed by atoms with Crippen LogP contribution in [0.1, 0.15) is 28.3 Å². The highest BCUT2D eigenvalue weighted by Gasteiger charge is 2.46. The van der Waals surface area contributed by atoms with Crippen molar-refractivity contribution in [2.24, 2.45) is 0 Å². The van der Waals surface area contributed by atoms with Crippen LogP contribution in [0.4, 0.5) is 0 Å². The van der Waals surface area contributed by atoms with Crippen LogP contribution in [0.25, 0.3) is 5.76 Å². The Labute approximate surface area is 199 Å². The first kappa shape index (κ1) is 23.1. The van der Waals surface area contributed by atoms with E-state index in [0.29, 0.717) is 35.6 Å². The van der Waals surface area contributed by atoms with Crippen LogP contribution < -0.4 is 9.47 Å². The summed E-state index contributed by atoms with van der Waals surface area (Å²) in [7, 11) is 3.07. The summed E-state index contributed by atoms with van der Waals surface area (Å²) in [4.78, 5) is 27.9. The van der Waals surface area contributed by atoms with E-state index in [0.717, 1.165) is 11.1 Å². The number of rotatable bonds is 7. The summed E-state index contributed by atoms with van der Waals surface area (Å²) in [5.41, 5.74) is 3.27. The first-order chi connectivity index (χ1) is 16.4. The number of aryl methyl sites for hydroxylation is 1. The topological polar surface area (TPSA) is 76.1 Å². The Bertz CT molecular complexity index is 1230. The van der Waals surface area contributed by atoms with E-state index in [2.05, 4.69) is 0 Å². The molecule has 0 radical (unpaired) electrons. The van der Waals surface area contributed by atoms with Crippen LogP contribution in [0.2, 0.25) is 0 Å². The van der Waals surface area contributed by atoms with Gasteiger partial charge in [-0.3, -0.25) is 9.59 Å². The number of methoxy groups -OCH3 is 2. The fraction of sp³-hybridized carbons (Fsp3) is 0.214. The van der Waals surface area contributed by atoms with Gasteiger partial charge >= 0.3 is 0 Å². The lowest BCUT2D eigenvalue weighted by Crippen LogP contribution is -2.31. The van der Waals surface area contributed by atoms with E-state index in [-0.39, 0.29) is 11.3 Å². The SMILES string of the molecule is COc1ccc(C2/C(=C(\O)c3ccc(C)cc3)C(=O)C(=O)N2CCc2ccccc2)cc1OC. The number of amides is 1. The van der Waals surface area contributed by atoms with E-state index < -0.39 is 17.7 Å². The predicted molar refractivity (Wildman–Crippen MR) is 130 cm³/mol. The largest absolute Gasteiger partial charge is 0.507 e. The Morgan fingerprint density at radius 2 is 1.59 bits per heavy atom. The van der Waals surface area contributed by atoms with E-state index in [1.54, 1.807) is 37.4 Å². The summed E-state index contributed by atoms with van der Waals surface area (Å²) in [6.45, 7) is 2.26. The molecule has 1 saturated heterocycles. The molecule has 1 aliphatic heterocycles. The van der Waals surface area contributed by atoms with E-state index in [4.69, 9.17) is 9.47 Å². The van der Waals surface area contributed by atoms with Gasteiger partial charge < -0.3 is 19.5 Å². The summed E-state index contributed by atoms with van der Waals surface area (Å²) < 4.78 is 10.8. The van der Waals surface area contributed by atoms with Gasteiger partial charge in [0.15, 0.2) is 11.5 Å². The summed E-state index contributed by atoms with van der Waals surface area (Å²) in [6.07, 6.45) is 0.572. The van der Waals surface area contributed by atoms with Crippen LogP contribution >= 0.6 is 0 Å². The van der Waals surface area contributed by atoms with Crippen molar-refractivity contribution in [3.05, 3.63) is 101 Å². The van der Waals surface area contributed by atoms with Crippen molar-refractivity contribution < 1.29 is 24.2 Å². The normalized spacial score (nSPS) is 17.1. The molecule has 1 atom stereocenters. The van der Waals surface area contributed by atoms with Crippen molar-refractivity contribution in [3.8, 4) is 11.5 Å². The molecule has 0 bridgehead atoms. The van der Waals surface area contributed by atoms with Gasteiger partial charge in [-0.15, -0.1) is 0 Å². The quantitative estimate of drug-likeness (QED) is 0.317. The summed E-state index contributed by atoms with van der Waals surface area (Å²) in [5, 5.41) is 11.2. The molecule has 174 valence electrons. The molecule has 34 heavy (non-hydrogen) atoms. The molecule has 0 aliphatic carbocycles. The molecule has 1 N–H and O–H groups in total. The Balaban J connectivity index is 1.82. The fourth-order valence-electron chi connectivity index (χ4n) is 4.24. The second-order valence-corrected chi connectivity index (χ2v) is 8.21. The molecule has 1 unspecified atom stereocenters. The molecule has 4 rings (SSSR count). The second-order valence-electron chi connectivity index (χ2n) is 8.21. The molecule has 3 aromatic carbocycles. The summed E-state index contributed by atoms with van der Waals surface area (Å²) >= 11 is 0. The third-order valence-electron chi connectivity index (χ3n) is 6.07. The number of carbonyl (C=O) groups is 2. The van der Waals surface area contributed by atoms with E-state index in [1.165, 1.54) is 12.0 Å². The molecule has 1 amide bonds. The summed E-state index contributed by atoms with van der Waals surface area (Å²) in [6, 6.07) is 21.5. The van der Waals surface area contributed by atoms with Crippen LogP contribution in [-0.2, 0) is 16.0 Å². The Morgan fingerprint density at radius 1 is 0.912 bits per heavy atom. The van der Waals surface area contributed by atoms with E-state index in [1.807, 2.05) is 49.4 Å². The maximum atomic E-state index is 13.2. The fourth-order valence-corrected chi connectivity index (χ4v) is 4.24.